The first-order valence-electron chi connectivity index (χ1n) is 7.22. The fourth-order valence-electron chi connectivity index (χ4n) is 2.16. The molecule has 0 saturated heterocycles. The van der Waals surface area contributed by atoms with Crippen LogP contribution in [0.15, 0.2) is 36.4 Å². The second-order valence-electron chi connectivity index (χ2n) is 5.33. The largest absolute Gasteiger partial charge is 0.492 e. The molecule has 0 bridgehead atoms. The van der Waals surface area contributed by atoms with Crippen molar-refractivity contribution in [1.82, 2.24) is 5.32 Å². The molecule has 0 heterocycles. The number of rotatable bonds is 5. The Morgan fingerprint density at radius 3 is 2.55 bits per heavy atom. The lowest BCUT2D eigenvalue weighted by molar-refractivity contribution is 0.0946. The van der Waals surface area contributed by atoms with Gasteiger partial charge in [-0.1, -0.05) is 35.4 Å². The van der Waals surface area contributed by atoms with Crippen LogP contribution in [-0.2, 0) is 0 Å². The average Bonchev–Trinajstić information content (AvgIpc) is 2.47. The highest BCUT2D eigenvalue weighted by Gasteiger charge is 2.08. The lowest BCUT2D eigenvalue weighted by Crippen LogP contribution is -2.28. The molecule has 0 aliphatic rings. The first kappa shape index (κ1) is 16.4. The summed E-state index contributed by atoms with van der Waals surface area (Å²) >= 11 is 6.04. The zero-order valence-electron chi connectivity index (χ0n) is 13.1. The molecular formula is C18H20ClNO2. The third-order valence-corrected chi connectivity index (χ3v) is 3.83. The molecule has 0 atom stereocenters. The maximum atomic E-state index is 12.1. The van der Waals surface area contributed by atoms with E-state index >= 15 is 0 Å². The molecule has 0 radical (unpaired) electrons. The van der Waals surface area contributed by atoms with Gasteiger partial charge in [0.25, 0.3) is 5.91 Å². The zero-order valence-corrected chi connectivity index (χ0v) is 13.8. The molecule has 0 spiro atoms. The van der Waals surface area contributed by atoms with Crippen LogP contribution in [-0.4, -0.2) is 19.1 Å². The first-order chi connectivity index (χ1) is 10.5. The van der Waals surface area contributed by atoms with Gasteiger partial charge in [-0.25, -0.2) is 0 Å². The Labute approximate surface area is 136 Å². The van der Waals surface area contributed by atoms with E-state index in [-0.39, 0.29) is 5.91 Å². The second-order valence-corrected chi connectivity index (χ2v) is 5.74. The van der Waals surface area contributed by atoms with Crippen LogP contribution in [0, 0.1) is 20.8 Å². The standard InChI is InChI=1S/C18H20ClNO2/c1-12-4-7-16(14(3)10-12)18(21)20-8-9-22-15-6-5-13(2)17(19)11-15/h4-7,10-11H,8-9H2,1-3H3,(H,20,21). The molecule has 2 aromatic carbocycles. The van der Waals surface area contributed by atoms with Crippen LogP contribution in [0.4, 0.5) is 0 Å². The van der Waals surface area contributed by atoms with E-state index in [0.717, 1.165) is 16.7 Å². The summed E-state index contributed by atoms with van der Waals surface area (Å²) in [5.41, 5.74) is 3.83. The van der Waals surface area contributed by atoms with Crippen molar-refractivity contribution in [3.63, 3.8) is 0 Å². The molecule has 0 aliphatic heterocycles. The highest BCUT2D eigenvalue weighted by Crippen LogP contribution is 2.21. The van der Waals surface area contributed by atoms with Crippen molar-refractivity contribution in [2.24, 2.45) is 0 Å². The van der Waals surface area contributed by atoms with E-state index in [4.69, 9.17) is 16.3 Å². The Morgan fingerprint density at radius 1 is 1.09 bits per heavy atom. The van der Waals surface area contributed by atoms with Crippen molar-refractivity contribution in [3.8, 4) is 5.75 Å². The van der Waals surface area contributed by atoms with E-state index in [0.29, 0.717) is 29.5 Å². The summed E-state index contributed by atoms with van der Waals surface area (Å²) in [5, 5.41) is 3.54. The van der Waals surface area contributed by atoms with E-state index in [1.54, 1.807) is 6.07 Å². The number of hydrogen-bond acceptors (Lipinski definition) is 2. The summed E-state index contributed by atoms with van der Waals surface area (Å²) in [7, 11) is 0. The van der Waals surface area contributed by atoms with Crippen molar-refractivity contribution in [2.45, 2.75) is 20.8 Å². The topological polar surface area (TPSA) is 38.3 Å². The smallest absolute Gasteiger partial charge is 0.251 e. The van der Waals surface area contributed by atoms with Crippen LogP contribution in [0.3, 0.4) is 0 Å². The van der Waals surface area contributed by atoms with Crippen LogP contribution in [0.5, 0.6) is 5.75 Å². The Morgan fingerprint density at radius 2 is 1.86 bits per heavy atom. The average molecular weight is 318 g/mol. The number of carbonyl (C=O) groups excluding carboxylic acids is 1. The molecule has 0 unspecified atom stereocenters. The van der Waals surface area contributed by atoms with Gasteiger partial charge in [-0.15, -0.1) is 0 Å². The Hall–Kier alpha value is -2.00. The fraction of sp³-hybridized carbons (Fsp3) is 0.278. The van der Waals surface area contributed by atoms with Crippen LogP contribution in [0.25, 0.3) is 0 Å². The van der Waals surface area contributed by atoms with E-state index in [1.165, 1.54) is 0 Å². The highest BCUT2D eigenvalue weighted by atomic mass is 35.5. The number of hydrogen-bond donors (Lipinski definition) is 1. The number of carbonyl (C=O) groups is 1. The highest BCUT2D eigenvalue weighted by molar-refractivity contribution is 6.31. The fourth-order valence-corrected chi connectivity index (χ4v) is 2.33. The van der Waals surface area contributed by atoms with E-state index in [9.17, 15) is 4.79 Å². The van der Waals surface area contributed by atoms with E-state index in [2.05, 4.69) is 5.32 Å². The minimum Gasteiger partial charge on any atom is -0.492 e. The van der Waals surface area contributed by atoms with Gasteiger partial charge in [0, 0.05) is 10.6 Å². The molecule has 0 aromatic heterocycles. The van der Waals surface area contributed by atoms with Gasteiger partial charge in [-0.3, -0.25) is 4.79 Å². The molecule has 22 heavy (non-hydrogen) atoms. The molecule has 4 heteroatoms. The van der Waals surface area contributed by atoms with Crippen LogP contribution in [0.1, 0.15) is 27.0 Å². The maximum absolute atomic E-state index is 12.1. The van der Waals surface area contributed by atoms with Crippen LogP contribution in [0.2, 0.25) is 5.02 Å². The molecule has 1 N–H and O–H groups in total. The summed E-state index contributed by atoms with van der Waals surface area (Å²) in [5.74, 6) is 0.624. The Kier molecular flexibility index (Phi) is 5.45. The van der Waals surface area contributed by atoms with Gasteiger partial charge in [0.15, 0.2) is 0 Å². The maximum Gasteiger partial charge on any atom is 0.251 e. The number of nitrogens with one attached hydrogen (secondary N) is 1. The third-order valence-electron chi connectivity index (χ3n) is 3.43. The monoisotopic (exact) mass is 317 g/mol. The predicted molar refractivity (Wildman–Crippen MR) is 89.9 cm³/mol. The van der Waals surface area contributed by atoms with E-state index < -0.39 is 0 Å². The summed E-state index contributed by atoms with van der Waals surface area (Å²) in [4.78, 5) is 12.1. The molecule has 2 aromatic rings. The Bertz CT molecular complexity index is 683. The molecule has 3 nitrogen and oxygen atoms in total. The van der Waals surface area contributed by atoms with Crippen molar-refractivity contribution in [1.29, 1.82) is 0 Å². The van der Waals surface area contributed by atoms with Gasteiger partial charge in [-0.2, -0.15) is 0 Å². The first-order valence-corrected chi connectivity index (χ1v) is 7.59. The third kappa shape index (κ3) is 4.25. The SMILES string of the molecule is Cc1ccc(C(=O)NCCOc2ccc(C)c(Cl)c2)c(C)c1. The number of ether oxygens (including phenoxy) is 1. The van der Waals surface area contributed by atoms with Gasteiger partial charge in [0.2, 0.25) is 0 Å². The van der Waals surface area contributed by atoms with E-state index in [1.807, 2.05) is 51.1 Å². The quantitative estimate of drug-likeness (QED) is 0.844. The summed E-state index contributed by atoms with van der Waals surface area (Å²) in [6, 6.07) is 11.3. The second kappa shape index (κ2) is 7.32. The van der Waals surface area contributed by atoms with Crippen LogP contribution < -0.4 is 10.1 Å². The van der Waals surface area contributed by atoms with Crippen molar-refractivity contribution in [3.05, 3.63) is 63.7 Å². The minimum absolute atomic E-state index is 0.0805. The van der Waals surface area contributed by atoms with Gasteiger partial charge in [0.05, 0.1) is 6.54 Å². The lowest BCUT2D eigenvalue weighted by Gasteiger charge is -2.10. The predicted octanol–water partition coefficient (Wildman–Crippen LogP) is 4.07. The molecular weight excluding hydrogens is 298 g/mol. The van der Waals surface area contributed by atoms with Gasteiger partial charge >= 0.3 is 0 Å². The van der Waals surface area contributed by atoms with Crippen molar-refractivity contribution < 1.29 is 9.53 Å². The molecule has 2 rings (SSSR count). The zero-order chi connectivity index (χ0) is 16.1. The number of amides is 1. The number of aryl methyl sites for hydroxylation is 3. The number of benzene rings is 2. The molecule has 116 valence electrons. The summed E-state index contributed by atoms with van der Waals surface area (Å²) < 4.78 is 5.58. The van der Waals surface area contributed by atoms with Gasteiger partial charge < -0.3 is 10.1 Å². The normalized spacial score (nSPS) is 10.4. The molecule has 0 saturated carbocycles. The summed E-state index contributed by atoms with van der Waals surface area (Å²) in [6.45, 7) is 6.73. The molecule has 0 fully saturated rings. The molecule has 1 amide bonds. The minimum atomic E-state index is -0.0805. The van der Waals surface area contributed by atoms with Gasteiger partial charge in [0.1, 0.15) is 12.4 Å². The summed E-state index contributed by atoms with van der Waals surface area (Å²) in [6.07, 6.45) is 0. The Balaban J connectivity index is 1.83. The van der Waals surface area contributed by atoms with Crippen molar-refractivity contribution >= 4 is 17.5 Å². The van der Waals surface area contributed by atoms with Crippen LogP contribution >= 0.6 is 11.6 Å². The molecule has 0 aliphatic carbocycles. The van der Waals surface area contributed by atoms with Crippen molar-refractivity contribution in [2.75, 3.05) is 13.2 Å². The lowest BCUT2D eigenvalue weighted by atomic mass is 10.1. The van der Waals surface area contributed by atoms with Gasteiger partial charge in [-0.05, 0) is 50.1 Å². The number of halogens is 1.